The van der Waals surface area contributed by atoms with Gasteiger partial charge in [-0.1, -0.05) is 38.5 Å². The number of aliphatic carboxylic acids is 1. The number of carbonyl (C=O) groups excluding carboxylic acids is 2. The van der Waals surface area contributed by atoms with Crippen molar-refractivity contribution in [1.29, 1.82) is 0 Å². The number of carboxylic acid groups (broad SMARTS) is 1. The van der Waals surface area contributed by atoms with E-state index in [1.165, 1.54) is 88.5 Å². The van der Waals surface area contributed by atoms with Gasteiger partial charge in [-0.25, -0.2) is 9.59 Å². The number of ether oxygens (including phenoxy) is 2. The van der Waals surface area contributed by atoms with Gasteiger partial charge in [0.1, 0.15) is 18.2 Å². The topological polar surface area (TPSA) is 157 Å². The number of amides is 1. The molecule has 0 radical (unpaired) electrons. The first-order chi connectivity index (χ1) is 18.9. The monoisotopic (exact) mass is 563 g/mol. The van der Waals surface area contributed by atoms with Crippen LogP contribution in [0.15, 0.2) is 24.3 Å². The van der Waals surface area contributed by atoms with Crippen molar-refractivity contribution < 1.29 is 33.9 Å². The van der Waals surface area contributed by atoms with Crippen LogP contribution in [0.4, 0.5) is 10.5 Å². The Bertz CT molecular complexity index is 933. The third-order valence-electron chi connectivity index (χ3n) is 6.85. The van der Waals surface area contributed by atoms with Crippen molar-refractivity contribution in [3.8, 4) is 0 Å². The number of nitrogens with one attached hydrogen (secondary N) is 2. The molecule has 1 aromatic carbocycles. The van der Waals surface area contributed by atoms with Gasteiger partial charge in [-0.05, 0) is 70.6 Å². The van der Waals surface area contributed by atoms with Crippen LogP contribution in [0.1, 0.15) is 103 Å². The summed E-state index contributed by atoms with van der Waals surface area (Å²) in [7, 11) is 0. The molecule has 0 bridgehead atoms. The molecule has 1 aromatic rings. The van der Waals surface area contributed by atoms with Crippen LogP contribution in [0.5, 0.6) is 0 Å². The Morgan fingerprint density at radius 1 is 0.975 bits per heavy atom. The normalized spacial score (nSPS) is 17.1. The molecule has 11 heteroatoms. The Labute approximate surface area is 236 Å². The van der Waals surface area contributed by atoms with Crippen molar-refractivity contribution in [1.82, 2.24) is 10.6 Å². The van der Waals surface area contributed by atoms with E-state index >= 15 is 0 Å². The van der Waals surface area contributed by atoms with E-state index in [0.717, 1.165) is 12.1 Å². The number of nitro benzene ring substituents is 1. The van der Waals surface area contributed by atoms with Crippen molar-refractivity contribution in [3.05, 3.63) is 39.9 Å². The quantitative estimate of drug-likeness (QED) is 0.186. The summed E-state index contributed by atoms with van der Waals surface area (Å²) >= 11 is 0. The number of non-ortho nitro benzene ring substituents is 1. The third-order valence-corrected chi connectivity index (χ3v) is 6.85. The molecule has 2 saturated carbocycles. The number of hydrogen-bond acceptors (Lipinski definition) is 8. The molecule has 1 atom stereocenters. The number of alkyl carbamates (subject to hydrolysis) is 1. The molecule has 1 unspecified atom stereocenters. The Kier molecular flexibility index (Phi) is 13.9. The second-order valence-electron chi connectivity index (χ2n) is 11.5. The molecule has 1 amide bonds. The number of carboxylic acids is 1. The van der Waals surface area contributed by atoms with Crippen LogP contribution in [0, 0.1) is 10.1 Å². The lowest BCUT2D eigenvalue weighted by atomic mass is 9.91. The van der Waals surface area contributed by atoms with Gasteiger partial charge in [0.25, 0.3) is 5.69 Å². The molecule has 2 fully saturated rings. The number of carbonyl (C=O) groups is 3. The third kappa shape index (κ3) is 13.7. The lowest BCUT2D eigenvalue weighted by Gasteiger charge is -2.30. The minimum Gasteiger partial charge on any atom is -0.480 e. The van der Waals surface area contributed by atoms with Crippen LogP contribution in [0.3, 0.4) is 0 Å². The van der Waals surface area contributed by atoms with Crippen LogP contribution in [-0.4, -0.2) is 51.8 Å². The minimum absolute atomic E-state index is 0.0809. The van der Waals surface area contributed by atoms with Gasteiger partial charge in [0.2, 0.25) is 0 Å². The molecule has 2 aliphatic carbocycles. The molecule has 3 rings (SSSR count). The maximum Gasteiger partial charge on any atom is 0.408 e. The lowest BCUT2D eigenvalue weighted by Crippen LogP contribution is -2.43. The van der Waals surface area contributed by atoms with Gasteiger partial charge in [0, 0.05) is 30.6 Å². The SMILES string of the molecule is C1CCC(NC2CCCCC2)CC1.CC(C)(C)OC(=O)NC(CCC(=O)OCc1ccc([N+](=O)[O-])cc1)C(=O)O. The van der Waals surface area contributed by atoms with E-state index in [4.69, 9.17) is 14.6 Å². The first-order valence-corrected chi connectivity index (χ1v) is 14.3. The summed E-state index contributed by atoms with van der Waals surface area (Å²) in [6.45, 7) is 4.81. The average molecular weight is 564 g/mol. The fourth-order valence-electron chi connectivity index (χ4n) is 4.79. The summed E-state index contributed by atoms with van der Waals surface area (Å²) in [6, 6.07) is 5.92. The van der Waals surface area contributed by atoms with E-state index in [0.29, 0.717) is 5.56 Å². The van der Waals surface area contributed by atoms with Gasteiger partial charge >= 0.3 is 18.0 Å². The number of benzene rings is 1. The number of hydrogen-bond donors (Lipinski definition) is 3. The van der Waals surface area contributed by atoms with Crippen molar-refractivity contribution in [3.63, 3.8) is 0 Å². The molecular formula is C29H45N3O8. The fourth-order valence-corrected chi connectivity index (χ4v) is 4.79. The largest absolute Gasteiger partial charge is 0.480 e. The van der Waals surface area contributed by atoms with Gasteiger partial charge in [0.05, 0.1) is 4.92 Å². The first kappa shape index (κ1) is 33.0. The summed E-state index contributed by atoms with van der Waals surface area (Å²) in [5.74, 6) is -1.96. The molecule has 0 aliphatic heterocycles. The predicted octanol–water partition coefficient (Wildman–Crippen LogP) is 5.64. The van der Waals surface area contributed by atoms with E-state index in [9.17, 15) is 24.5 Å². The maximum atomic E-state index is 11.8. The predicted molar refractivity (Wildman–Crippen MR) is 150 cm³/mol. The Morgan fingerprint density at radius 3 is 1.95 bits per heavy atom. The van der Waals surface area contributed by atoms with E-state index in [1.54, 1.807) is 20.8 Å². The highest BCUT2D eigenvalue weighted by Crippen LogP contribution is 2.22. The highest BCUT2D eigenvalue weighted by molar-refractivity contribution is 5.80. The van der Waals surface area contributed by atoms with Crippen LogP contribution < -0.4 is 10.6 Å². The molecule has 40 heavy (non-hydrogen) atoms. The highest BCUT2D eigenvalue weighted by Gasteiger charge is 2.25. The summed E-state index contributed by atoms with van der Waals surface area (Å²) in [5, 5.41) is 25.7. The molecule has 11 nitrogen and oxygen atoms in total. The fraction of sp³-hybridized carbons (Fsp3) is 0.690. The molecule has 0 saturated heterocycles. The van der Waals surface area contributed by atoms with Crippen molar-refractivity contribution in [2.24, 2.45) is 0 Å². The number of nitrogens with zero attached hydrogens (tertiary/aromatic N) is 1. The van der Waals surface area contributed by atoms with E-state index in [1.807, 2.05) is 0 Å². The second kappa shape index (κ2) is 16.8. The summed E-state index contributed by atoms with van der Waals surface area (Å²) in [5.41, 5.74) is -0.310. The number of nitro groups is 1. The van der Waals surface area contributed by atoms with Gasteiger partial charge in [-0.15, -0.1) is 0 Å². The van der Waals surface area contributed by atoms with Crippen molar-refractivity contribution >= 4 is 23.7 Å². The molecule has 0 aromatic heterocycles. The van der Waals surface area contributed by atoms with Crippen LogP contribution in [-0.2, 0) is 25.7 Å². The van der Waals surface area contributed by atoms with Gasteiger partial charge < -0.3 is 25.2 Å². The zero-order valence-corrected chi connectivity index (χ0v) is 24.0. The summed E-state index contributed by atoms with van der Waals surface area (Å²) in [6.07, 6.45) is 13.3. The Hall–Kier alpha value is -3.21. The Morgan fingerprint density at radius 2 is 1.50 bits per heavy atom. The first-order valence-electron chi connectivity index (χ1n) is 14.3. The van der Waals surface area contributed by atoms with E-state index in [-0.39, 0.29) is 25.1 Å². The van der Waals surface area contributed by atoms with Crippen LogP contribution >= 0.6 is 0 Å². The number of esters is 1. The van der Waals surface area contributed by atoms with Crippen LogP contribution in [0.25, 0.3) is 0 Å². The molecule has 0 heterocycles. The molecule has 3 N–H and O–H groups in total. The van der Waals surface area contributed by atoms with Gasteiger partial charge in [-0.3, -0.25) is 14.9 Å². The molecule has 0 spiro atoms. The maximum absolute atomic E-state index is 11.8. The highest BCUT2D eigenvalue weighted by atomic mass is 16.6. The van der Waals surface area contributed by atoms with E-state index in [2.05, 4.69) is 10.6 Å². The second-order valence-corrected chi connectivity index (χ2v) is 11.5. The van der Waals surface area contributed by atoms with Crippen LogP contribution in [0.2, 0.25) is 0 Å². The molecular weight excluding hydrogens is 518 g/mol. The molecule has 224 valence electrons. The summed E-state index contributed by atoms with van der Waals surface area (Å²) < 4.78 is 9.98. The van der Waals surface area contributed by atoms with Gasteiger partial charge in [-0.2, -0.15) is 0 Å². The lowest BCUT2D eigenvalue weighted by molar-refractivity contribution is -0.384. The van der Waals surface area contributed by atoms with Gasteiger partial charge in [0.15, 0.2) is 0 Å². The zero-order valence-electron chi connectivity index (χ0n) is 24.0. The molecule has 2 aliphatic rings. The average Bonchev–Trinajstić information content (AvgIpc) is 2.90. The van der Waals surface area contributed by atoms with Crippen molar-refractivity contribution in [2.45, 2.75) is 128 Å². The smallest absolute Gasteiger partial charge is 0.408 e. The van der Waals surface area contributed by atoms with E-state index < -0.39 is 34.6 Å². The summed E-state index contributed by atoms with van der Waals surface area (Å²) in [4.78, 5) is 44.6. The standard InChI is InChI=1S/C17H22N2O8.C12H23N/c1-17(2,3)27-16(23)18-13(15(21)22)8-9-14(20)26-10-11-4-6-12(7-5-11)19(24)25;1-3-7-11(8-4-1)13-12-9-5-2-6-10-12/h4-7,13H,8-10H2,1-3H3,(H,18,23)(H,21,22);11-13H,1-10H2. The Balaban J connectivity index is 0.000000355. The minimum atomic E-state index is -1.30. The number of rotatable bonds is 10. The zero-order chi connectivity index (χ0) is 29.5. The van der Waals surface area contributed by atoms with Crippen molar-refractivity contribution in [2.75, 3.05) is 0 Å².